The number of H-pyrrole nitrogens is 1. The number of amides is 1. The largest absolute Gasteiger partial charge is 0.338 e. The minimum absolute atomic E-state index is 0.192. The minimum Gasteiger partial charge on any atom is -0.338 e. The number of nitrogens with zero attached hydrogens (tertiary/aromatic N) is 1. The summed E-state index contributed by atoms with van der Waals surface area (Å²) in [6, 6.07) is 19.9. The van der Waals surface area contributed by atoms with Gasteiger partial charge in [-0.05, 0) is 60.5 Å². The number of aryl methyl sites for hydroxylation is 1. The van der Waals surface area contributed by atoms with Crippen molar-refractivity contribution >= 4 is 32.5 Å². The zero-order valence-corrected chi connectivity index (χ0v) is 17.5. The Morgan fingerprint density at radius 3 is 2.43 bits per heavy atom. The lowest BCUT2D eigenvalue weighted by Gasteiger charge is -2.10. The Morgan fingerprint density at radius 1 is 1.03 bits per heavy atom. The van der Waals surface area contributed by atoms with E-state index in [4.69, 9.17) is 0 Å². The van der Waals surface area contributed by atoms with Gasteiger partial charge in [0.05, 0.1) is 15.9 Å². The fourth-order valence-corrected chi connectivity index (χ4v) is 4.37. The zero-order valence-electron chi connectivity index (χ0n) is 16.6. The predicted octanol–water partition coefficient (Wildman–Crippen LogP) is 4.45. The van der Waals surface area contributed by atoms with Crippen molar-refractivity contribution in [3.63, 3.8) is 0 Å². The molecule has 4 aromatic rings. The van der Waals surface area contributed by atoms with E-state index < -0.39 is 9.84 Å². The van der Waals surface area contributed by atoms with E-state index in [1.54, 1.807) is 24.3 Å². The highest BCUT2D eigenvalue weighted by molar-refractivity contribution is 7.90. The van der Waals surface area contributed by atoms with Crippen LogP contribution in [-0.4, -0.2) is 30.5 Å². The minimum atomic E-state index is -3.41. The lowest BCUT2D eigenvalue weighted by Crippen LogP contribution is -2.13. The third-order valence-electron chi connectivity index (χ3n) is 4.92. The van der Waals surface area contributed by atoms with Crippen molar-refractivity contribution in [3.05, 3.63) is 77.9 Å². The molecular weight excluding hydrogens is 398 g/mol. The first-order valence-corrected chi connectivity index (χ1v) is 11.4. The Balaban J connectivity index is 1.55. The molecule has 0 bridgehead atoms. The molecule has 0 saturated heterocycles. The lowest BCUT2D eigenvalue weighted by molar-refractivity contribution is 0.102. The van der Waals surface area contributed by atoms with Crippen molar-refractivity contribution in [2.45, 2.75) is 18.2 Å². The van der Waals surface area contributed by atoms with E-state index in [0.717, 1.165) is 28.7 Å². The molecule has 1 aromatic heterocycles. The fraction of sp³-hybridized carbons (Fsp3) is 0.130. The summed E-state index contributed by atoms with van der Waals surface area (Å²) in [5, 5.41) is 2.82. The number of hydrogen-bond acceptors (Lipinski definition) is 4. The number of carbonyl (C=O) groups is 1. The molecule has 0 aliphatic carbocycles. The first-order chi connectivity index (χ1) is 14.3. The van der Waals surface area contributed by atoms with E-state index in [9.17, 15) is 13.2 Å². The van der Waals surface area contributed by atoms with Crippen molar-refractivity contribution in [1.82, 2.24) is 9.97 Å². The second kappa shape index (κ2) is 7.76. The molecule has 1 heterocycles. The Morgan fingerprint density at radius 2 is 1.77 bits per heavy atom. The first-order valence-electron chi connectivity index (χ1n) is 9.54. The van der Waals surface area contributed by atoms with Gasteiger partial charge in [0.15, 0.2) is 9.84 Å². The van der Waals surface area contributed by atoms with E-state index in [1.165, 1.54) is 6.07 Å². The van der Waals surface area contributed by atoms with Crippen molar-refractivity contribution in [2.75, 3.05) is 11.6 Å². The van der Waals surface area contributed by atoms with Crippen LogP contribution in [0.4, 0.5) is 5.69 Å². The molecule has 0 spiro atoms. The van der Waals surface area contributed by atoms with Crippen molar-refractivity contribution in [3.8, 4) is 11.4 Å². The van der Waals surface area contributed by atoms with Crippen LogP contribution < -0.4 is 5.32 Å². The molecule has 0 radical (unpaired) electrons. The summed E-state index contributed by atoms with van der Waals surface area (Å²) in [6.07, 6.45) is 1.73. The maximum Gasteiger partial charge on any atom is 0.255 e. The van der Waals surface area contributed by atoms with Gasteiger partial charge < -0.3 is 10.3 Å². The molecule has 0 aliphatic heterocycles. The van der Waals surface area contributed by atoms with Gasteiger partial charge in [-0.25, -0.2) is 13.4 Å². The van der Waals surface area contributed by atoms with Crippen LogP contribution >= 0.6 is 0 Å². The quantitative estimate of drug-likeness (QED) is 0.500. The molecule has 0 unspecified atom stereocenters. The highest BCUT2D eigenvalue weighted by atomic mass is 32.2. The molecule has 0 saturated carbocycles. The number of hydrogen-bond donors (Lipinski definition) is 2. The van der Waals surface area contributed by atoms with E-state index in [0.29, 0.717) is 23.2 Å². The molecule has 2 N–H and O–H groups in total. The summed E-state index contributed by atoms with van der Waals surface area (Å²) in [4.78, 5) is 20.7. The average Bonchev–Trinajstić information content (AvgIpc) is 3.17. The van der Waals surface area contributed by atoms with Crippen LogP contribution in [0.2, 0.25) is 0 Å². The summed E-state index contributed by atoms with van der Waals surface area (Å²) in [6.45, 7) is 1.88. The SMILES string of the molecule is CCc1ccc(C(=O)Nc2ccc(-c3nc4ccccc4[nH]3)cc2)cc1S(C)(=O)=O. The van der Waals surface area contributed by atoms with Gasteiger partial charge in [-0.3, -0.25) is 4.79 Å². The normalized spacial score (nSPS) is 11.5. The maximum absolute atomic E-state index is 12.6. The lowest BCUT2D eigenvalue weighted by atomic mass is 10.1. The summed E-state index contributed by atoms with van der Waals surface area (Å²) >= 11 is 0. The number of para-hydroxylation sites is 2. The Labute approximate surface area is 174 Å². The molecular formula is C23H21N3O3S. The molecule has 7 heteroatoms. The van der Waals surface area contributed by atoms with Crippen molar-refractivity contribution in [2.24, 2.45) is 0 Å². The number of imidazole rings is 1. The van der Waals surface area contributed by atoms with Crippen molar-refractivity contribution in [1.29, 1.82) is 0 Å². The number of fused-ring (bicyclic) bond motifs is 1. The summed E-state index contributed by atoms with van der Waals surface area (Å²) < 4.78 is 24.1. The zero-order chi connectivity index (χ0) is 21.3. The monoisotopic (exact) mass is 419 g/mol. The van der Waals surface area contributed by atoms with Gasteiger partial charge in [0.25, 0.3) is 5.91 Å². The highest BCUT2D eigenvalue weighted by Crippen LogP contribution is 2.23. The van der Waals surface area contributed by atoms with Gasteiger partial charge in [-0.1, -0.05) is 25.1 Å². The van der Waals surface area contributed by atoms with Crippen LogP contribution in [0.1, 0.15) is 22.8 Å². The highest BCUT2D eigenvalue weighted by Gasteiger charge is 2.16. The Hall–Kier alpha value is -3.45. The van der Waals surface area contributed by atoms with Crippen LogP contribution in [0.5, 0.6) is 0 Å². The van der Waals surface area contributed by atoms with Crippen LogP contribution in [0.25, 0.3) is 22.4 Å². The number of rotatable bonds is 5. The molecule has 1 amide bonds. The van der Waals surface area contributed by atoms with Crippen LogP contribution in [-0.2, 0) is 16.3 Å². The number of anilines is 1. The third kappa shape index (κ3) is 3.97. The van der Waals surface area contributed by atoms with Gasteiger partial charge in [-0.2, -0.15) is 0 Å². The fourth-order valence-electron chi connectivity index (χ4n) is 3.34. The molecule has 3 aromatic carbocycles. The van der Waals surface area contributed by atoms with E-state index in [2.05, 4.69) is 15.3 Å². The van der Waals surface area contributed by atoms with Crippen LogP contribution in [0.15, 0.2) is 71.6 Å². The van der Waals surface area contributed by atoms with Gasteiger partial charge in [-0.15, -0.1) is 0 Å². The number of carbonyl (C=O) groups excluding carboxylic acids is 1. The number of sulfone groups is 1. The van der Waals surface area contributed by atoms with E-state index >= 15 is 0 Å². The molecule has 6 nitrogen and oxygen atoms in total. The van der Waals surface area contributed by atoms with Gasteiger partial charge in [0.2, 0.25) is 0 Å². The summed E-state index contributed by atoms with van der Waals surface area (Å²) in [5.74, 6) is 0.390. The van der Waals surface area contributed by atoms with E-state index in [-0.39, 0.29) is 10.8 Å². The van der Waals surface area contributed by atoms with E-state index in [1.807, 2.05) is 43.3 Å². The topological polar surface area (TPSA) is 91.9 Å². The van der Waals surface area contributed by atoms with Crippen LogP contribution in [0.3, 0.4) is 0 Å². The molecule has 152 valence electrons. The number of aromatic nitrogens is 2. The number of nitrogens with one attached hydrogen (secondary N) is 2. The second-order valence-electron chi connectivity index (χ2n) is 7.08. The maximum atomic E-state index is 12.6. The van der Waals surface area contributed by atoms with Crippen LogP contribution in [0, 0.1) is 0 Å². The van der Waals surface area contributed by atoms with Crippen molar-refractivity contribution < 1.29 is 13.2 Å². The summed E-state index contributed by atoms with van der Waals surface area (Å²) in [5.41, 5.74) is 4.36. The smallest absolute Gasteiger partial charge is 0.255 e. The van der Waals surface area contributed by atoms with Gasteiger partial charge >= 0.3 is 0 Å². The molecule has 4 rings (SSSR count). The average molecular weight is 420 g/mol. The molecule has 0 fully saturated rings. The summed E-state index contributed by atoms with van der Waals surface area (Å²) in [7, 11) is -3.41. The number of aromatic amines is 1. The first kappa shape index (κ1) is 19.8. The Kier molecular flexibility index (Phi) is 5.13. The van der Waals surface area contributed by atoms with Gasteiger partial charge in [0, 0.05) is 23.1 Å². The third-order valence-corrected chi connectivity index (χ3v) is 6.09. The molecule has 0 aliphatic rings. The molecule has 30 heavy (non-hydrogen) atoms. The predicted molar refractivity (Wildman–Crippen MR) is 118 cm³/mol. The number of benzene rings is 3. The molecule has 0 atom stereocenters. The Bertz CT molecular complexity index is 1310. The van der Waals surface area contributed by atoms with Gasteiger partial charge in [0.1, 0.15) is 5.82 Å². The standard InChI is InChI=1S/C23H21N3O3S/c1-3-15-8-9-17(14-21(15)30(2,28)29)23(27)24-18-12-10-16(11-13-18)22-25-19-6-4-5-7-20(19)26-22/h4-14H,3H2,1-2H3,(H,24,27)(H,25,26). The second-order valence-corrected chi connectivity index (χ2v) is 9.07.